The lowest BCUT2D eigenvalue weighted by molar-refractivity contribution is -0.121. The fourth-order valence-electron chi connectivity index (χ4n) is 2.15. The fourth-order valence-corrected chi connectivity index (χ4v) is 2.15. The maximum atomic E-state index is 11.9. The molecular weight excluding hydrogens is 268 g/mol. The van der Waals surface area contributed by atoms with Gasteiger partial charge in [-0.2, -0.15) is 0 Å². The predicted molar refractivity (Wildman–Crippen MR) is 81.1 cm³/mol. The lowest BCUT2D eigenvalue weighted by Gasteiger charge is -2.05. The zero-order chi connectivity index (χ0) is 15.4. The third-order valence-electron chi connectivity index (χ3n) is 3.44. The summed E-state index contributed by atoms with van der Waals surface area (Å²) in [6, 6.07) is 4.04. The first-order chi connectivity index (χ1) is 9.97. The van der Waals surface area contributed by atoms with Crippen LogP contribution in [0.3, 0.4) is 0 Å². The van der Waals surface area contributed by atoms with Crippen LogP contribution in [0.5, 0.6) is 0 Å². The van der Waals surface area contributed by atoms with Gasteiger partial charge in [0.25, 0.3) is 0 Å². The molecule has 0 unspecified atom stereocenters. The summed E-state index contributed by atoms with van der Waals surface area (Å²) in [5.41, 5.74) is 4.03. The molecule has 0 aliphatic heterocycles. The molecule has 0 spiro atoms. The van der Waals surface area contributed by atoms with E-state index in [1.54, 1.807) is 6.26 Å². The molecule has 1 aromatic carbocycles. The van der Waals surface area contributed by atoms with E-state index in [4.69, 9.17) is 4.42 Å². The zero-order valence-corrected chi connectivity index (χ0v) is 12.6. The number of rotatable bonds is 5. The van der Waals surface area contributed by atoms with E-state index >= 15 is 0 Å². The van der Waals surface area contributed by atoms with Crippen molar-refractivity contribution in [2.45, 2.75) is 27.2 Å². The first-order valence-electron chi connectivity index (χ1n) is 6.96. The number of fused-ring (bicyclic) bond motifs is 1. The molecule has 1 aromatic heterocycles. The van der Waals surface area contributed by atoms with E-state index in [9.17, 15) is 9.59 Å². The number of nitrogens with one attached hydrogen (secondary N) is 2. The second kappa shape index (κ2) is 6.43. The summed E-state index contributed by atoms with van der Waals surface area (Å²) in [6.07, 6.45) is 1.91. The van der Waals surface area contributed by atoms with Crippen LogP contribution in [0.1, 0.15) is 23.6 Å². The Bertz CT molecular complexity index is 673. The number of hydrogen-bond donors (Lipinski definition) is 2. The minimum absolute atomic E-state index is 0.0821. The van der Waals surface area contributed by atoms with Crippen LogP contribution in [0.2, 0.25) is 0 Å². The molecule has 5 heteroatoms. The van der Waals surface area contributed by atoms with Crippen LogP contribution in [0.15, 0.2) is 22.8 Å². The zero-order valence-electron chi connectivity index (χ0n) is 12.6. The molecule has 1 heterocycles. The predicted octanol–water partition coefficient (Wildman–Crippen LogP) is 1.84. The van der Waals surface area contributed by atoms with Crippen molar-refractivity contribution in [3.05, 3.63) is 35.1 Å². The van der Waals surface area contributed by atoms with Gasteiger partial charge in [-0.05, 0) is 37.1 Å². The van der Waals surface area contributed by atoms with Crippen molar-refractivity contribution < 1.29 is 14.0 Å². The highest BCUT2D eigenvalue weighted by molar-refractivity contribution is 5.88. The van der Waals surface area contributed by atoms with Gasteiger partial charge in [0, 0.05) is 31.0 Å². The van der Waals surface area contributed by atoms with Crippen molar-refractivity contribution in [3.8, 4) is 0 Å². The summed E-state index contributed by atoms with van der Waals surface area (Å²) in [7, 11) is 0. The molecule has 0 saturated heterocycles. The summed E-state index contributed by atoms with van der Waals surface area (Å²) in [4.78, 5) is 22.6. The monoisotopic (exact) mass is 288 g/mol. The van der Waals surface area contributed by atoms with Crippen molar-refractivity contribution in [2.24, 2.45) is 0 Å². The van der Waals surface area contributed by atoms with E-state index < -0.39 is 0 Å². The third kappa shape index (κ3) is 3.84. The summed E-state index contributed by atoms with van der Waals surface area (Å²) < 4.78 is 5.51. The number of aryl methyl sites for hydroxylation is 2. The van der Waals surface area contributed by atoms with Crippen molar-refractivity contribution in [2.75, 3.05) is 13.1 Å². The average Bonchev–Trinajstić information content (AvgIpc) is 2.78. The quantitative estimate of drug-likeness (QED) is 0.825. The number of benzene rings is 1. The topological polar surface area (TPSA) is 71.3 Å². The van der Waals surface area contributed by atoms with E-state index in [2.05, 4.69) is 10.6 Å². The molecule has 0 fully saturated rings. The molecule has 21 heavy (non-hydrogen) atoms. The smallest absolute Gasteiger partial charge is 0.224 e. The van der Waals surface area contributed by atoms with Gasteiger partial charge in [-0.1, -0.05) is 0 Å². The van der Waals surface area contributed by atoms with Crippen LogP contribution in [0.25, 0.3) is 11.0 Å². The van der Waals surface area contributed by atoms with E-state index in [-0.39, 0.29) is 18.2 Å². The number of carbonyl (C=O) groups is 2. The number of carbonyl (C=O) groups excluding carboxylic acids is 2. The van der Waals surface area contributed by atoms with Gasteiger partial charge in [-0.3, -0.25) is 9.59 Å². The summed E-state index contributed by atoms with van der Waals surface area (Å²) in [6.45, 7) is 6.38. The Morgan fingerprint density at radius 3 is 2.48 bits per heavy atom. The minimum atomic E-state index is -0.101. The Morgan fingerprint density at radius 2 is 1.76 bits per heavy atom. The first kappa shape index (κ1) is 15.1. The molecule has 0 bridgehead atoms. The molecule has 0 atom stereocenters. The second-order valence-corrected chi connectivity index (χ2v) is 5.20. The Morgan fingerprint density at radius 1 is 1.10 bits per heavy atom. The van der Waals surface area contributed by atoms with Gasteiger partial charge in [-0.15, -0.1) is 0 Å². The molecule has 0 radical (unpaired) electrons. The highest BCUT2D eigenvalue weighted by atomic mass is 16.3. The molecule has 0 aliphatic rings. The summed E-state index contributed by atoms with van der Waals surface area (Å²) >= 11 is 0. The van der Waals surface area contributed by atoms with Crippen LogP contribution in [0.4, 0.5) is 0 Å². The van der Waals surface area contributed by atoms with Gasteiger partial charge >= 0.3 is 0 Å². The Kier molecular flexibility index (Phi) is 4.62. The van der Waals surface area contributed by atoms with Gasteiger partial charge in [-0.25, -0.2) is 0 Å². The van der Waals surface area contributed by atoms with Crippen molar-refractivity contribution in [1.29, 1.82) is 0 Å². The maximum Gasteiger partial charge on any atom is 0.224 e. The second-order valence-electron chi connectivity index (χ2n) is 5.20. The normalized spacial score (nSPS) is 10.6. The van der Waals surface area contributed by atoms with Gasteiger partial charge in [0.15, 0.2) is 0 Å². The van der Waals surface area contributed by atoms with Crippen LogP contribution in [-0.4, -0.2) is 24.9 Å². The minimum Gasteiger partial charge on any atom is -0.464 e. The highest BCUT2D eigenvalue weighted by Crippen LogP contribution is 2.25. The molecule has 2 amide bonds. The molecule has 5 nitrogen and oxygen atoms in total. The van der Waals surface area contributed by atoms with E-state index in [1.165, 1.54) is 18.1 Å². The highest BCUT2D eigenvalue weighted by Gasteiger charge is 2.11. The van der Waals surface area contributed by atoms with Crippen LogP contribution >= 0.6 is 0 Å². The first-order valence-corrected chi connectivity index (χ1v) is 6.96. The van der Waals surface area contributed by atoms with E-state index in [0.29, 0.717) is 13.1 Å². The van der Waals surface area contributed by atoms with Crippen LogP contribution in [-0.2, 0) is 16.0 Å². The SMILES string of the molecule is CC(=O)NCCNC(=O)Cc1coc2cc(C)c(C)cc12. The summed E-state index contributed by atoms with van der Waals surface area (Å²) in [5, 5.41) is 6.38. The Labute approximate surface area is 123 Å². The lowest BCUT2D eigenvalue weighted by Crippen LogP contribution is -2.34. The average molecular weight is 288 g/mol. The molecule has 0 aliphatic carbocycles. The van der Waals surface area contributed by atoms with Crippen LogP contribution < -0.4 is 10.6 Å². The number of hydrogen-bond acceptors (Lipinski definition) is 3. The molecule has 112 valence electrons. The Hall–Kier alpha value is -2.30. The number of amides is 2. The summed E-state index contributed by atoms with van der Waals surface area (Å²) in [5.74, 6) is -0.183. The third-order valence-corrected chi connectivity index (χ3v) is 3.44. The van der Waals surface area contributed by atoms with Crippen molar-refractivity contribution >= 4 is 22.8 Å². The maximum absolute atomic E-state index is 11.9. The van der Waals surface area contributed by atoms with E-state index in [0.717, 1.165) is 16.5 Å². The number of furan rings is 1. The van der Waals surface area contributed by atoms with Gasteiger partial charge in [0.1, 0.15) is 5.58 Å². The molecular formula is C16H20N2O3. The van der Waals surface area contributed by atoms with Gasteiger partial charge in [0.05, 0.1) is 12.7 Å². The standard InChI is InChI=1S/C16H20N2O3/c1-10-6-14-13(9-21-15(14)7-11(10)2)8-16(20)18-5-4-17-12(3)19/h6-7,9H,4-5,8H2,1-3H3,(H,17,19)(H,18,20). The van der Waals surface area contributed by atoms with Crippen molar-refractivity contribution in [1.82, 2.24) is 10.6 Å². The Balaban J connectivity index is 1.98. The van der Waals surface area contributed by atoms with Crippen molar-refractivity contribution in [3.63, 3.8) is 0 Å². The molecule has 2 N–H and O–H groups in total. The molecule has 2 rings (SSSR count). The molecule has 0 saturated carbocycles. The molecule has 2 aromatic rings. The van der Waals surface area contributed by atoms with Gasteiger partial charge in [0.2, 0.25) is 11.8 Å². The van der Waals surface area contributed by atoms with Gasteiger partial charge < -0.3 is 15.1 Å². The van der Waals surface area contributed by atoms with E-state index in [1.807, 2.05) is 26.0 Å². The van der Waals surface area contributed by atoms with Crippen LogP contribution in [0, 0.1) is 13.8 Å². The fraction of sp³-hybridized carbons (Fsp3) is 0.375. The largest absolute Gasteiger partial charge is 0.464 e. The lowest BCUT2D eigenvalue weighted by atomic mass is 10.0.